The zero-order valence-electron chi connectivity index (χ0n) is 16.2. The Morgan fingerprint density at radius 3 is 2.23 bits per heavy atom. The van der Waals surface area contributed by atoms with Gasteiger partial charge < -0.3 is 9.64 Å². The summed E-state index contributed by atoms with van der Waals surface area (Å²) in [6.07, 6.45) is 1.19. The van der Waals surface area contributed by atoms with Crippen molar-refractivity contribution < 1.29 is 17.9 Å². The Labute approximate surface area is 192 Å². The molecule has 10 heteroatoms. The predicted octanol–water partition coefficient (Wildman–Crippen LogP) is 3.74. The van der Waals surface area contributed by atoms with Crippen molar-refractivity contribution in [3.63, 3.8) is 0 Å². The van der Waals surface area contributed by atoms with E-state index in [0.29, 0.717) is 31.8 Å². The number of esters is 1. The van der Waals surface area contributed by atoms with Crippen molar-refractivity contribution in [2.45, 2.75) is 17.7 Å². The first-order valence-corrected chi connectivity index (χ1v) is 12.3. The van der Waals surface area contributed by atoms with E-state index in [1.807, 2.05) is 23.1 Å². The van der Waals surface area contributed by atoms with Crippen LogP contribution in [0.4, 0.5) is 0 Å². The minimum Gasteiger partial charge on any atom is -0.469 e. The molecule has 2 aromatic carbocycles. The zero-order valence-corrected chi connectivity index (χ0v) is 20.2. The number of carbonyl (C=O) groups is 1. The first kappa shape index (κ1) is 22.8. The van der Waals surface area contributed by atoms with Crippen LogP contribution in [0.3, 0.4) is 0 Å². The van der Waals surface area contributed by atoms with E-state index in [9.17, 15) is 13.2 Å². The SMILES string of the molecule is COC(=O)C1CCN(/C(=N/NS(=O)(=O)c2ccccc2)c2c(Br)cccc2Br)CC1. The van der Waals surface area contributed by atoms with Gasteiger partial charge in [-0.3, -0.25) is 4.79 Å². The van der Waals surface area contributed by atoms with Crippen molar-refractivity contribution in [2.24, 2.45) is 11.0 Å². The number of hydrogen-bond acceptors (Lipinski definition) is 5. The smallest absolute Gasteiger partial charge is 0.308 e. The number of likely N-dealkylation sites (tertiary alicyclic amines) is 1. The summed E-state index contributed by atoms with van der Waals surface area (Å²) >= 11 is 7.07. The Hall–Kier alpha value is -1.91. The van der Waals surface area contributed by atoms with Crippen LogP contribution in [0.25, 0.3) is 0 Å². The molecule has 30 heavy (non-hydrogen) atoms. The van der Waals surface area contributed by atoms with Crippen molar-refractivity contribution in [3.8, 4) is 0 Å². The molecule has 3 rings (SSSR count). The molecule has 0 atom stereocenters. The summed E-state index contributed by atoms with van der Waals surface area (Å²) in [6, 6.07) is 13.7. The van der Waals surface area contributed by atoms with Crippen LogP contribution < -0.4 is 4.83 Å². The van der Waals surface area contributed by atoms with Crippen molar-refractivity contribution >= 4 is 53.7 Å². The second kappa shape index (κ2) is 9.93. The molecule has 7 nitrogen and oxygen atoms in total. The highest BCUT2D eigenvalue weighted by molar-refractivity contribution is 9.11. The van der Waals surface area contributed by atoms with Crippen LogP contribution in [0.15, 0.2) is 67.5 Å². The molecule has 0 aliphatic carbocycles. The second-order valence-corrected chi connectivity index (χ2v) is 10.1. The first-order chi connectivity index (χ1) is 14.3. The fourth-order valence-corrected chi connectivity index (χ4v) is 5.43. The maximum atomic E-state index is 12.7. The van der Waals surface area contributed by atoms with E-state index in [1.54, 1.807) is 18.2 Å². The molecule has 1 N–H and O–H groups in total. The van der Waals surface area contributed by atoms with Gasteiger partial charge in [0.05, 0.1) is 17.9 Å². The molecule has 1 aliphatic rings. The molecular weight excluding hydrogens is 538 g/mol. The minimum absolute atomic E-state index is 0.128. The molecule has 0 amide bonds. The van der Waals surface area contributed by atoms with Crippen LogP contribution in [0.5, 0.6) is 0 Å². The summed E-state index contributed by atoms with van der Waals surface area (Å²) in [5.74, 6) is 0.0772. The van der Waals surface area contributed by atoms with E-state index in [-0.39, 0.29) is 16.8 Å². The quantitative estimate of drug-likeness (QED) is 0.261. The van der Waals surface area contributed by atoms with Gasteiger partial charge in [0, 0.05) is 27.6 Å². The Balaban J connectivity index is 1.93. The van der Waals surface area contributed by atoms with E-state index >= 15 is 0 Å². The highest BCUT2D eigenvalue weighted by Crippen LogP contribution is 2.29. The average Bonchev–Trinajstić information content (AvgIpc) is 2.76. The summed E-state index contributed by atoms with van der Waals surface area (Å²) in [4.78, 5) is 16.3. The van der Waals surface area contributed by atoms with Crippen molar-refractivity contribution in [1.82, 2.24) is 9.73 Å². The lowest BCUT2D eigenvalue weighted by molar-refractivity contribution is -0.146. The van der Waals surface area contributed by atoms with Gasteiger partial charge in [0.1, 0.15) is 0 Å². The highest BCUT2D eigenvalue weighted by atomic mass is 79.9. The number of methoxy groups -OCH3 is 1. The van der Waals surface area contributed by atoms with Gasteiger partial charge in [-0.2, -0.15) is 13.2 Å². The van der Waals surface area contributed by atoms with Gasteiger partial charge in [-0.05, 0) is 69.0 Å². The number of piperidine rings is 1. The predicted molar refractivity (Wildman–Crippen MR) is 121 cm³/mol. The van der Waals surface area contributed by atoms with Gasteiger partial charge in [0.2, 0.25) is 0 Å². The average molecular weight is 559 g/mol. The van der Waals surface area contributed by atoms with E-state index in [0.717, 1.165) is 14.5 Å². The number of hydrazone groups is 1. The molecule has 0 unspecified atom stereocenters. The van der Waals surface area contributed by atoms with Gasteiger partial charge in [-0.25, -0.2) is 0 Å². The number of nitrogens with zero attached hydrogens (tertiary/aromatic N) is 2. The number of benzene rings is 2. The molecule has 0 spiro atoms. The summed E-state index contributed by atoms with van der Waals surface area (Å²) in [5, 5.41) is 4.31. The fraction of sp³-hybridized carbons (Fsp3) is 0.300. The third-order valence-electron chi connectivity index (χ3n) is 4.84. The molecule has 160 valence electrons. The topological polar surface area (TPSA) is 88.1 Å². The number of nitrogens with one attached hydrogen (secondary N) is 1. The maximum Gasteiger partial charge on any atom is 0.308 e. The highest BCUT2D eigenvalue weighted by Gasteiger charge is 2.29. The summed E-state index contributed by atoms with van der Waals surface area (Å²) in [7, 11) is -2.44. The summed E-state index contributed by atoms with van der Waals surface area (Å²) in [5.41, 5.74) is 0.727. The van der Waals surface area contributed by atoms with E-state index in [1.165, 1.54) is 19.2 Å². The third-order valence-corrected chi connectivity index (χ3v) is 7.39. The van der Waals surface area contributed by atoms with Crippen LogP contribution in [-0.4, -0.2) is 45.3 Å². The molecule has 1 fully saturated rings. The normalized spacial score (nSPS) is 15.7. The van der Waals surface area contributed by atoms with Gasteiger partial charge in [0.25, 0.3) is 10.0 Å². The van der Waals surface area contributed by atoms with Crippen LogP contribution in [0.2, 0.25) is 0 Å². The Bertz CT molecular complexity index is 1020. The largest absolute Gasteiger partial charge is 0.469 e. The lowest BCUT2D eigenvalue weighted by Gasteiger charge is -2.33. The Morgan fingerprint density at radius 2 is 1.67 bits per heavy atom. The van der Waals surface area contributed by atoms with E-state index < -0.39 is 10.0 Å². The molecule has 2 aromatic rings. The van der Waals surface area contributed by atoms with Crippen LogP contribution in [-0.2, 0) is 19.6 Å². The number of ether oxygens (including phenoxy) is 1. The zero-order chi connectivity index (χ0) is 21.7. The second-order valence-electron chi connectivity index (χ2n) is 6.72. The van der Waals surface area contributed by atoms with Crippen molar-refractivity contribution in [1.29, 1.82) is 0 Å². The number of hydrogen-bond donors (Lipinski definition) is 1. The molecular formula is C20H21Br2N3O4S. The molecule has 0 radical (unpaired) electrons. The molecule has 1 saturated heterocycles. The van der Waals surface area contributed by atoms with Gasteiger partial charge in [-0.1, -0.05) is 24.3 Å². The van der Waals surface area contributed by atoms with E-state index in [2.05, 4.69) is 41.8 Å². The molecule has 0 aromatic heterocycles. The standard InChI is InChI=1S/C20H21Br2N3O4S/c1-29-20(26)14-10-12-25(13-11-14)19(18-16(21)8-5-9-17(18)22)23-24-30(27,28)15-6-3-2-4-7-15/h2-9,14,24H,10-13H2,1H3/b23-19+. The van der Waals surface area contributed by atoms with Crippen LogP contribution >= 0.6 is 31.9 Å². The number of rotatable bonds is 5. The number of sulfonamides is 1. The molecule has 1 aliphatic heterocycles. The lowest BCUT2D eigenvalue weighted by Crippen LogP contribution is -2.42. The maximum absolute atomic E-state index is 12.7. The van der Waals surface area contributed by atoms with Crippen LogP contribution in [0, 0.1) is 5.92 Å². The molecule has 1 heterocycles. The fourth-order valence-electron chi connectivity index (χ4n) is 3.25. The Morgan fingerprint density at radius 1 is 1.07 bits per heavy atom. The van der Waals surface area contributed by atoms with Gasteiger partial charge in [0.15, 0.2) is 5.84 Å². The van der Waals surface area contributed by atoms with Crippen molar-refractivity contribution in [3.05, 3.63) is 63.0 Å². The number of halogens is 2. The molecule has 0 bridgehead atoms. The number of carbonyl (C=O) groups excluding carboxylic acids is 1. The number of amidine groups is 1. The lowest BCUT2D eigenvalue weighted by atomic mass is 9.96. The molecule has 0 saturated carbocycles. The third kappa shape index (κ3) is 5.22. The van der Waals surface area contributed by atoms with Crippen LogP contribution in [0.1, 0.15) is 18.4 Å². The van der Waals surface area contributed by atoms with E-state index in [4.69, 9.17) is 4.74 Å². The monoisotopic (exact) mass is 557 g/mol. The van der Waals surface area contributed by atoms with Gasteiger partial charge in [-0.15, -0.1) is 5.10 Å². The van der Waals surface area contributed by atoms with Crippen molar-refractivity contribution in [2.75, 3.05) is 20.2 Å². The summed E-state index contributed by atoms with van der Waals surface area (Å²) in [6.45, 7) is 1.08. The summed E-state index contributed by atoms with van der Waals surface area (Å²) < 4.78 is 31.8. The minimum atomic E-state index is -3.82. The first-order valence-electron chi connectivity index (χ1n) is 9.25. The Kier molecular flexibility index (Phi) is 7.54. The van der Waals surface area contributed by atoms with Gasteiger partial charge >= 0.3 is 5.97 Å².